The van der Waals surface area contributed by atoms with Crippen molar-refractivity contribution in [3.63, 3.8) is 0 Å². The number of thioether (sulfide) groups is 1. The van der Waals surface area contributed by atoms with Crippen molar-refractivity contribution in [2.45, 2.75) is 22.8 Å². The van der Waals surface area contributed by atoms with Crippen LogP contribution in [-0.4, -0.2) is 17.8 Å². The molecule has 0 saturated carbocycles. The van der Waals surface area contributed by atoms with E-state index in [-0.39, 0.29) is 0 Å². The van der Waals surface area contributed by atoms with Crippen molar-refractivity contribution in [3.8, 4) is 0 Å². The fourth-order valence-corrected chi connectivity index (χ4v) is 6.72. The lowest BCUT2D eigenvalue weighted by atomic mass is 9.89. The van der Waals surface area contributed by atoms with Crippen molar-refractivity contribution >= 4 is 39.6 Å². The van der Waals surface area contributed by atoms with Gasteiger partial charge >= 0.3 is 0 Å². The molecule has 0 nitrogen and oxygen atoms in total. The predicted molar refractivity (Wildman–Crippen MR) is 98.6 cm³/mol. The van der Waals surface area contributed by atoms with E-state index in [0.717, 1.165) is 5.75 Å². The Morgan fingerprint density at radius 3 is 2.67 bits per heavy atom. The standard InChI is InChI=1S/C18H19S3/c1-21-10-7-13(8-11-21)17-15-5-3-2-4-14(15)12-20-18-16(17)6-9-19-18/h2-6,9H,7-8,10-12H2,1H3/q+1. The fraction of sp³-hybridized carbons (Fsp3) is 0.333. The van der Waals surface area contributed by atoms with Crippen LogP contribution in [0.1, 0.15) is 29.5 Å². The van der Waals surface area contributed by atoms with E-state index >= 15 is 0 Å². The van der Waals surface area contributed by atoms with Crippen LogP contribution >= 0.6 is 23.1 Å². The molecule has 0 bridgehead atoms. The summed E-state index contributed by atoms with van der Waals surface area (Å²) in [6.45, 7) is 0. The van der Waals surface area contributed by atoms with Crippen LogP contribution < -0.4 is 0 Å². The van der Waals surface area contributed by atoms with Crippen LogP contribution in [-0.2, 0) is 16.6 Å². The van der Waals surface area contributed by atoms with Gasteiger partial charge in [-0.15, -0.1) is 23.1 Å². The summed E-state index contributed by atoms with van der Waals surface area (Å²) in [5, 5.41) is 2.26. The molecular formula is C18H19S3+. The molecule has 0 spiro atoms. The first-order chi connectivity index (χ1) is 10.3. The topological polar surface area (TPSA) is 0 Å². The molecule has 2 aromatic rings. The normalized spacial score (nSPS) is 21.7. The van der Waals surface area contributed by atoms with Crippen molar-refractivity contribution in [3.05, 3.63) is 58.0 Å². The van der Waals surface area contributed by atoms with E-state index in [9.17, 15) is 0 Å². The Kier molecular flexibility index (Phi) is 3.91. The Bertz CT molecular complexity index is 686. The van der Waals surface area contributed by atoms with Crippen molar-refractivity contribution < 1.29 is 0 Å². The smallest absolute Gasteiger partial charge is 0.111 e. The second kappa shape index (κ2) is 5.86. The third-order valence-corrected chi connectivity index (χ3v) is 8.49. The number of benzene rings is 1. The molecular weight excluding hydrogens is 312 g/mol. The number of thiophene rings is 1. The third-order valence-electron chi connectivity index (χ3n) is 4.40. The van der Waals surface area contributed by atoms with Gasteiger partial charge in [0.1, 0.15) is 11.5 Å². The van der Waals surface area contributed by atoms with Crippen LogP contribution in [0.15, 0.2) is 45.5 Å². The summed E-state index contributed by atoms with van der Waals surface area (Å²) >= 11 is 3.92. The molecule has 1 aromatic heterocycles. The maximum absolute atomic E-state index is 2.42. The van der Waals surface area contributed by atoms with Gasteiger partial charge in [-0.2, -0.15) is 0 Å². The average molecular weight is 332 g/mol. The van der Waals surface area contributed by atoms with E-state index < -0.39 is 0 Å². The minimum Gasteiger partial charge on any atom is -0.137 e. The van der Waals surface area contributed by atoms with Crippen molar-refractivity contribution in [2.24, 2.45) is 0 Å². The molecule has 0 amide bonds. The lowest BCUT2D eigenvalue weighted by molar-refractivity contribution is 0.959. The zero-order valence-electron chi connectivity index (χ0n) is 12.2. The van der Waals surface area contributed by atoms with Crippen molar-refractivity contribution in [1.29, 1.82) is 0 Å². The summed E-state index contributed by atoms with van der Waals surface area (Å²) in [7, 11) is 0.638. The molecule has 0 N–H and O–H groups in total. The Morgan fingerprint density at radius 2 is 1.81 bits per heavy atom. The van der Waals surface area contributed by atoms with E-state index in [1.165, 1.54) is 45.2 Å². The highest BCUT2D eigenvalue weighted by atomic mass is 32.2. The average Bonchev–Trinajstić information content (AvgIpc) is 2.91. The highest BCUT2D eigenvalue weighted by molar-refractivity contribution is 8.00. The first kappa shape index (κ1) is 14.0. The van der Waals surface area contributed by atoms with Gasteiger partial charge in [0.25, 0.3) is 0 Å². The number of allylic oxidation sites excluding steroid dienone is 1. The maximum atomic E-state index is 2.42. The Balaban J connectivity index is 1.91. The van der Waals surface area contributed by atoms with Crippen molar-refractivity contribution in [2.75, 3.05) is 17.8 Å². The number of hydrogen-bond donors (Lipinski definition) is 0. The highest BCUT2D eigenvalue weighted by Crippen LogP contribution is 2.45. The van der Waals surface area contributed by atoms with Crippen LogP contribution in [0.3, 0.4) is 0 Å². The van der Waals surface area contributed by atoms with Gasteiger partial charge in [-0.1, -0.05) is 29.8 Å². The van der Waals surface area contributed by atoms with Gasteiger partial charge in [-0.25, -0.2) is 0 Å². The summed E-state index contributed by atoms with van der Waals surface area (Å²) in [5.41, 5.74) is 7.78. The Hall–Kier alpha value is -0.640. The molecule has 3 heteroatoms. The Morgan fingerprint density at radius 1 is 1.00 bits per heavy atom. The zero-order valence-corrected chi connectivity index (χ0v) is 14.7. The molecule has 0 atom stereocenters. The van der Waals surface area contributed by atoms with E-state index in [2.05, 4.69) is 42.0 Å². The first-order valence-electron chi connectivity index (χ1n) is 7.43. The predicted octanol–water partition coefficient (Wildman–Crippen LogP) is 5.20. The van der Waals surface area contributed by atoms with E-state index in [0.29, 0.717) is 10.9 Å². The fourth-order valence-electron chi connectivity index (χ4n) is 3.22. The molecule has 0 unspecified atom stereocenters. The quantitative estimate of drug-likeness (QED) is 0.598. The molecule has 0 aliphatic carbocycles. The lowest BCUT2D eigenvalue weighted by Gasteiger charge is -2.20. The van der Waals surface area contributed by atoms with Gasteiger partial charge in [0.15, 0.2) is 0 Å². The molecule has 2 aliphatic rings. The minimum absolute atomic E-state index is 0.638. The monoisotopic (exact) mass is 331 g/mol. The first-order valence-corrected chi connectivity index (χ1v) is 11.3. The van der Waals surface area contributed by atoms with Gasteiger partial charge in [0, 0.05) is 24.2 Å². The van der Waals surface area contributed by atoms with Crippen LogP contribution in [0, 0.1) is 0 Å². The van der Waals surface area contributed by atoms with Gasteiger partial charge in [0.2, 0.25) is 0 Å². The van der Waals surface area contributed by atoms with E-state index in [4.69, 9.17) is 0 Å². The number of hydrogen-bond acceptors (Lipinski definition) is 2. The summed E-state index contributed by atoms with van der Waals surface area (Å²) < 4.78 is 1.51. The zero-order chi connectivity index (χ0) is 14.2. The molecule has 1 aromatic carbocycles. The largest absolute Gasteiger partial charge is 0.137 e. The molecule has 1 fully saturated rings. The molecule has 108 valence electrons. The maximum Gasteiger partial charge on any atom is 0.111 e. The van der Waals surface area contributed by atoms with Crippen LogP contribution in [0.4, 0.5) is 0 Å². The summed E-state index contributed by atoms with van der Waals surface area (Å²) in [6, 6.07) is 11.4. The minimum atomic E-state index is 0.638. The summed E-state index contributed by atoms with van der Waals surface area (Å²) in [5.74, 6) is 3.87. The number of fused-ring (bicyclic) bond motifs is 2. The van der Waals surface area contributed by atoms with Crippen LogP contribution in [0.2, 0.25) is 0 Å². The van der Waals surface area contributed by atoms with E-state index in [1.807, 2.05) is 23.1 Å². The second-order valence-electron chi connectivity index (χ2n) is 5.74. The summed E-state index contributed by atoms with van der Waals surface area (Å²) in [6.07, 6.45) is 5.01. The third kappa shape index (κ3) is 2.60. The molecule has 0 radical (unpaired) electrons. The highest BCUT2D eigenvalue weighted by Gasteiger charge is 2.27. The van der Waals surface area contributed by atoms with E-state index in [1.54, 1.807) is 11.1 Å². The van der Waals surface area contributed by atoms with Crippen LogP contribution in [0.25, 0.3) is 5.57 Å². The SMILES string of the molecule is C[S+]1CCC(=C2c3ccccc3CSc3sccc32)CC1. The van der Waals surface area contributed by atoms with Gasteiger partial charge < -0.3 is 0 Å². The molecule has 21 heavy (non-hydrogen) atoms. The summed E-state index contributed by atoms with van der Waals surface area (Å²) in [4.78, 5) is 0. The number of rotatable bonds is 0. The van der Waals surface area contributed by atoms with Gasteiger partial charge in [-0.3, -0.25) is 0 Å². The van der Waals surface area contributed by atoms with Gasteiger partial charge in [0.05, 0.1) is 10.5 Å². The molecule has 1 saturated heterocycles. The Labute approximate surface area is 138 Å². The van der Waals surface area contributed by atoms with Gasteiger partial charge in [-0.05, 0) is 39.0 Å². The van der Waals surface area contributed by atoms with Crippen LogP contribution in [0.5, 0.6) is 0 Å². The second-order valence-corrected chi connectivity index (χ2v) is 10.3. The van der Waals surface area contributed by atoms with Crippen molar-refractivity contribution in [1.82, 2.24) is 0 Å². The molecule has 4 rings (SSSR count). The molecule has 3 heterocycles. The lowest BCUT2D eigenvalue weighted by Crippen LogP contribution is -2.18. The molecule has 2 aliphatic heterocycles.